The van der Waals surface area contributed by atoms with Gasteiger partial charge in [-0.05, 0) is 30.1 Å². The van der Waals surface area contributed by atoms with Crippen molar-refractivity contribution in [2.45, 2.75) is 19.1 Å². The molecule has 0 bridgehead atoms. The van der Waals surface area contributed by atoms with Gasteiger partial charge in [0.2, 0.25) is 0 Å². The number of nitriles is 1. The van der Waals surface area contributed by atoms with Crippen molar-refractivity contribution in [3.8, 4) is 17.0 Å². The number of ether oxygens (including phenoxy) is 1. The molecule has 0 fully saturated rings. The van der Waals surface area contributed by atoms with Crippen LogP contribution in [0.2, 0.25) is 0 Å². The molecule has 3 rings (SSSR count). The number of rotatable bonds is 4. The highest BCUT2D eigenvalue weighted by Crippen LogP contribution is 2.35. The van der Waals surface area contributed by atoms with E-state index in [0.29, 0.717) is 32.4 Å². The van der Waals surface area contributed by atoms with E-state index >= 15 is 0 Å². The fourth-order valence-electron chi connectivity index (χ4n) is 2.63. The van der Waals surface area contributed by atoms with E-state index in [1.807, 2.05) is 6.07 Å². The Morgan fingerprint density at radius 3 is 3.04 bits per heavy atom. The minimum atomic E-state index is -1.82. The van der Waals surface area contributed by atoms with Crippen LogP contribution < -0.4 is 10.2 Å². The Morgan fingerprint density at radius 2 is 2.39 bits per heavy atom. The zero-order chi connectivity index (χ0) is 16.6. The second-order valence-electron chi connectivity index (χ2n) is 5.12. The third-order valence-corrected chi connectivity index (χ3v) is 4.22. The van der Waals surface area contributed by atoms with Gasteiger partial charge in [0.1, 0.15) is 23.1 Å². The van der Waals surface area contributed by atoms with E-state index in [1.54, 1.807) is 19.1 Å². The van der Waals surface area contributed by atoms with Crippen LogP contribution in [-0.4, -0.2) is 28.6 Å². The third-order valence-electron chi connectivity index (χ3n) is 3.44. The predicted molar refractivity (Wildman–Crippen MR) is 82.1 cm³/mol. The van der Waals surface area contributed by atoms with E-state index < -0.39 is 18.2 Å². The molecule has 1 aliphatic heterocycles. The summed E-state index contributed by atoms with van der Waals surface area (Å²) in [6, 6.07) is 5.33. The van der Waals surface area contributed by atoms with Crippen molar-refractivity contribution >= 4 is 30.3 Å². The molecule has 1 unspecified atom stereocenters. The van der Waals surface area contributed by atoms with Crippen molar-refractivity contribution in [3.05, 3.63) is 34.3 Å². The van der Waals surface area contributed by atoms with Gasteiger partial charge in [-0.15, -0.1) is 0 Å². The number of hydrogen-bond acceptors (Lipinski definition) is 7. The molecule has 23 heavy (non-hydrogen) atoms. The van der Waals surface area contributed by atoms with Crippen molar-refractivity contribution in [1.82, 2.24) is 4.98 Å². The average Bonchev–Trinajstić information content (AvgIpc) is 3.03. The quantitative estimate of drug-likeness (QED) is 0.795. The molecule has 0 aliphatic carbocycles. The van der Waals surface area contributed by atoms with Gasteiger partial charge in [0.25, 0.3) is 5.19 Å². The number of carboxylic acids is 1. The summed E-state index contributed by atoms with van der Waals surface area (Å²) in [5, 5.41) is 28.5. The maximum Gasteiger partial charge on any atom is 0.313 e. The monoisotopic (exact) mass is 330 g/mol. The summed E-state index contributed by atoms with van der Waals surface area (Å²) in [6.45, 7) is 1.75. The molecule has 0 radical (unpaired) electrons. The van der Waals surface area contributed by atoms with Crippen LogP contribution in [0.1, 0.15) is 22.4 Å². The molecule has 1 aromatic heterocycles. The molecule has 1 atom stereocenters. The second kappa shape index (κ2) is 5.66. The maximum absolute atomic E-state index is 10.9. The summed E-state index contributed by atoms with van der Waals surface area (Å²) in [6.07, 6.45) is 0.897. The lowest BCUT2D eigenvalue weighted by Gasteiger charge is -2.24. The zero-order valence-electron chi connectivity index (χ0n) is 12.1. The number of nitrogens with zero attached hydrogens (tertiary/aromatic N) is 2. The van der Waals surface area contributed by atoms with Crippen LogP contribution >= 0.6 is 11.3 Å². The molecule has 1 aromatic carbocycles. The number of carbonyl (C=O) groups is 1. The number of fused-ring (bicyclic) bond motifs is 1. The predicted octanol–water partition coefficient (Wildman–Crippen LogP) is 0.742. The highest BCUT2D eigenvalue weighted by molar-refractivity contribution is 7.13. The Labute approximate surface area is 136 Å². The number of hydrogen-bond donors (Lipinski definition) is 2. The van der Waals surface area contributed by atoms with Crippen LogP contribution in [0.15, 0.2) is 18.3 Å². The number of thiazole rings is 1. The highest BCUT2D eigenvalue weighted by Gasteiger charge is 2.42. The third kappa shape index (κ3) is 2.92. The fraction of sp³-hybridized carbons (Fsp3) is 0.214. The summed E-state index contributed by atoms with van der Waals surface area (Å²) in [5.41, 5.74) is 1.79. The van der Waals surface area contributed by atoms with Crippen molar-refractivity contribution in [2.24, 2.45) is 0 Å². The first-order valence-electron chi connectivity index (χ1n) is 6.67. The van der Waals surface area contributed by atoms with Crippen LogP contribution in [0.5, 0.6) is 10.9 Å². The van der Waals surface area contributed by atoms with Crippen molar-refractivity contribution in [2.75, 3.05) is 0 Å². The topological polar surface area (TPSA) is 113 Å². The number of carboxylic acid groups (broad SMARTS) is 1. The van der Waals surface area contributed by atoms with Crippen molar-refractivity contribution in [1.29, 1.82) is 5.26 Å². The summed E-state index contributed by atoms with van der Waals surface area (Å²) in [7, 11) is 0.0957. The first-order chi connectivity index (χ1) is 10.9. The molecule has 2 heterocycles. The van der Waals surface area contributed by atoms with Gasteiger partial charge in [0.15, 0.2) is 5.79 Å². The Bertz CT molecular complexity index is 831. The normalized spacial score (nSPS) is 18.8. The van der Waals surface area contributed by atoms with Gasteiger partial charge in [0, 0.05) is 5.56 Å². The molecule has 2 aromatic rings. The van der Waals surface area contributed by atoms with Crippen molar-refractivity contribution in [3.63, 3.8) is 0 Å². The van der Waals surface area contributed by atoms with Crippen LogP contribution in [-0.2, 0) is 15.2 Å². The van der Waals surface area contributed by atoms with Crippen LogP contribution in [0.3, 0.4) is 0 Å². The van der Waals surface area contributed by atoms with Crippen LogP contribution in [0.4, 0.5) is 0 Å². The largest absolute Gasteiger partial charge is 0.481 e. The molecule has 116 valence electrons. The van der Waals surface area contributed by atoms with E-state index in [1.165, 1.54) is 6.20 Å². The first-order valence-corrected chi connectivity index (χ1v) is 7.49. The lowest BCUT2D eigenvalue weighted by molar-refractivity contribution is -0.169. The number of aryl methyl sites for hydroxylation is 1. The Hall–Kier alpha value is -2.41. The molecule has 9 heteroatoms. The van der Waals surface area contributed by atoms with E-state index in [-0.39, 0.29) is 7.48 Å². The van der Waals surface area contributed by atoms with E-state index in [9.17, 15) is 9.90 Å². The average molecular weight is 330 g/mol. The molecular weight excluding hydrogens is 319 g/mol. The van der Waals surface area contributed by atoms with E-state index in [0.717, 1.165) is 11.3 Å². The standard InChI is InChI=1S/C14H11BN2O5S/c1-7-2-8(21-13-17-6-9(5-16)23-13)3-10-12(7)14(20,22-15-10)4-11(18)19/h2-3,6,15,20H,4H2,1H3,(H,18,19). The summed E-state index contributed by atoms with van der Waals surface area (Å²) in [4.78, 5) is 15.4. The smallest absolute Gasteiger partial charge is 0.313 e. The van der Waals surface area contributed by atoms with Gasteiger partial charge < -0.3 is 19.6 Å². The van der Waals surface area contributed by atoms with Gasteiger partial charge in [0.05, 0.1) is 6.20 Å². The van der Waals surface area contributed by atoms with Gasteiger partial charge in [-0.2, -0.15) is 5.26 Å². The second-order valence-corrected chi connectivity index (χ2v) is 6.12. The first kappa shape index (κ1) is 15.5. The molecule has 2 N–H and O–H groups in total. The van der Waals surface area contributed by atoms with E-state index in [4.69, 9.17) is 19.8 Å². The SMILES string of the molecule is Cc1cc(Oc2ncc(C#N)s2)cc2c1C(O)(CC(=O)O)OB2. The van der Waals surface area contributed by atoms with E-state index in [2.05, 4.69) is 4.98 Å². The minimum Gasteiger partial charge on any atom is -0.481 e. The number of aromatic nitrogens is 1. The Morgan fingerprint density at radius 1 is 1.61 bits per heavy atom. The Balaban J connectivity index is 1.91. The molecule has 0 amide bonds. The number of aliphatic hydroxyl groups is 1. The molecule has 1 aliphatic rings. The fourth-order valence-corrected chi connectivity index (χ4v) is 3.21. The molecule has 0 saturated carbocycles. The zero-order valence-corrected chi connectivity index (χ0v) is 12.9. The van der Waals surface area contributed by atoms with Gasteiger partial charge in [-0.25, -0.2) is 4.98 Å². The van der Waals surface area contributed by atoms with Crippen molar-refractivity contribution < 1.29 is 24.4 Å². The molecule has 7 nitrogen and oxygen atoms in total. The van der Waals surface area contributed by atoms with Gasteiger partial charge >= 0.3 is 13.5 Å². The number of aliphatic carboxylic acids is 1. The lowest BCUT2D eigenvalue weighted by Crippen LogP contribution is -2.30. The van der Waals surface area contributed by atoms with Gasteiger partial charge in [-0.3, -0.25) is 4.79 Å². The summed E-state index contributed by atoms with van der Waals surface area (Å²) < 4.78 is 10.9. The molecule has 0 saturated heterocycles. The lowest BCUT2D eigenvalue weighted by atomic mass is 9.83. The highest BCUT2D eigenvalue weighted by atomic mass is 32.1. The summed E-state index contributed by atoms with van der Waals surface area (Å²) >= 11 is 1.12. The molecule has 0 spiro atoms. The number of benzene rings is 1. The van der Waals surface area contributed by atoms with Gasteiger partial charge in [-0.1, -0.05) is 11.3 Å². The Kier molecular flexibility index (Phi) is 3.81. The minimum absolute atomic E-state index is 0.0957. The summed E-state index contributed by atoms with van der Waals surface area (Å²) in [5.74, 6) is -2.48. The van der Waals surface area contributed by atoms with Crippen LogP contribution in [0, 0.1) is 18.3 Å². The maximum atomic E-state index is 10.9. The van der Waals surface area contributed by atoms with Crippen LogP contribution in [0.25, 0.3) is 0 Å². The molecular formula is C14H11BN2O5S.